The van der Waals surface area contributed by atoms with Gasteiger partial charge in [0, 0.05) is 22.1 Å². The average Bonchev–Trinajstić information content (AvgIpc) is 3.45. The molecule has 1 unspecified atom stereocenters. The van der Waals surface area contributed by atoms with Gasteiger partial charge in [0.1, 0.15) is 16.5 Å². The zero-order valence-electron chi connectivity index (χ0n) is 18.1. The summed E-state index contributed by atoms with van der Waals surface area (Å²) in [6.07, 6.45) is 5.07. The molecule has 1 aliphatic heterocycles. The number of carbonyl (C=O) groups excluding carboxylic acids is 1. The van der Waals surface area contributed by atoms with Gasteiger partial charge < -0.3 is 19.2 Å². The van der Waals surface area contributed by atoms with Crippen LogP contribution in [-0.4, -0.2) is 38.1 Å². The lowest BCUT2D eigenvalue weighted by Gasteiger charge is -2.36. The summed E-state index contributed by atoms with van der Waals surface area (Å²) in [5.41, 5.74) is 2.14. The van der Waals surface area contributed by atoms with Crippen molar-refractivity contribution in [3.05, 3.63) is 64.4 Å². The van der Waals surface area contributed by atoms with E-state index in [1.165, 1.54) is 12.7 Å². The van der Waals surface area contributed by atoms with Crippen LogP contribution in [0.2, 0.25) is 0 Å². The summed E-state index contributed by atoms with van der Waals surface area (Å²) in [6, 6.07) is 11.5. The topological polar surface area (TPSA) is 63.9 Å². The number of likely N-dealkylation sites (tertiary alicyclic amines) is 1. The van der Waals surface area contributed by atoms with Crippen LogP contribution in [-0.2, 0) is 0 Å². The van der Waals surface area contributed by atoms with E-state index in [2.05, 4.69) is 29.3 Å². The third-order valence-electron chi connectivity index (χ3n) is 5.64. The van der Waals surface area contributed by atoms with E-state index in [1.807, 2.05) is 12.1 Å². The summed E-state index contributed by atoms with van der Waals surface area (Å²) in [6.45, 7) is 4.07. The van der Waals surface area contributed by atoms with Crippen molar-refractivity contribution in [1.82, 2.24) is 4.90 Å². The molecule has 1 N–H and O–H groups in total. The zero-order chi connectivity index (χ0) is 21.8. The largest absolute Gasteiger partial charge is 0.497 e. The Morgan fingerprint density at radius 1 is 1.10 bits per heavy atom. The number of anilines is 1. The van der Waals surface area contributed by atoms with Crippen LogP contribution in [0.1, 0.15) is 51.9 Å². The predicted octanol–water partition coefficient (Wildman–Crippen LogP) is 5.49. The SMILES string of the molecule is COc1ccc(C(c2cc(C)sc2NC(=O)c2ccco2)N2CCCCC2)c(OC)c1. The molecule has 4 rings (SSSR count). The molecule has 0 bridgehead atoms. The van der Waals surface area contributed by atoms with Crippen LogP contribution in [0.5, 0.6) is 11.5 Å². The van der Waals surface area contributed by atoms with Gasteiger partial charge in [0.05, 0.1) is 26.5 Å². The normalized spacial score (nSPS) is 15.5. The number of rotatable bonds is 7. The molecule has 2 aromatic heterocycles. The maximum atomic E-state index is 12.7. The Balaban J connectivity index is 1.77. The van der Waals surface area contributed by atoms with Crippen molar-refractivity contribution in [3.8, 4) is 11.5 Å². The van der Waals surface area contributed by atoms with Crippen LogP contribution in [0.25, 0.3) is 0 Å². The minimum atomic E-state index is -0.243. The van der Waals surface area contributed by atoms with Gasteiger partial charge in [0.15, 0.2) is 5.76 Å². The van der Waals surface area contributed by atoms with Crippen LogP contribution in [0.15, 0.2) is 47.1 Å². The van der Waals surface area contributed by atoms with E-state index in [0.717, 1.165) is 58.4 Å². The van der Waals surface area contributed by atoms with Crippen LogP contribution in [0.3, 0.4) is 0 Å². The Bertz CT molecular complexity index is 1020. The van der Waals surface area contributed by atoms with Gasteiger partial charge in [-0.25, -0.2) is 0 Å². The van der Waals surface area contributed by atoms with Crippen molar-refractivity contribution < 1.29 is 18.7 Å². The van der Waals surface area contributed by atoms with E-state index in [-0.39, 0.29) is 11.9 Å². The van der Waals surface area contributed by atoms with Gasteiger partial charge >= 0.3 is 0 Å². The lowest BCUT2D eigenvalue weighted by atomic mass is 9.95. The Hall–Kier alpha value is -2.77. The first-order chi connectivity index (χ1) is 15.1. The number of thiophene rings is 1. The maximum absolute atomic E-state index is 12.7. The second-order valence-electron chi connectivity index (χ2n) is 7.68. The standard InChI is InChI=1S/C24H28N2O4S/c1-16-14-19(24(31-16)25-23(27)20-8-7-13-30-20)22(26-11-5-4-6-12-26)18-10-9-17(28-2)15-21(18)29-3/h7-10,13-15,22H,4-6,11-12H2,1-3H3,(H,25,27). The van der Waals surface area contributed by atoms with Crippen molar-refractivity contribution in [2.45, 2.75) is 32.2 Å². The van der Waals surface area contributed by atoms with Crippen LogP contribution < -0.4 is 14.8 Å². The van der Waals surface area contributed by atoms with Gasteiger partial charge in [0.2, 0.25) is 0 Å². The molecule has 3 heterocycles. The number of amides is 1. The molecule has 1 fully saturated rings. The highest BCUT2D eigenvalue weighted by Gasteiger charge is 2.30. The quantitative estimate of drug-likeness (QED) is 0.526. The van der Waals surface area contributed by atoms with Crippen molar-refractivity contribution in [2.75, 3.05) is 32.6 Å². The molecule has 1 aromatic carbocycles. The summed E-state index contributed by atoms with van der Waals surface area (Å²) in [7, 11) is 3.34. The molecule has 0 saturated carbocycles. The molecule has 6 nitrogen and oxygen atoms in total. The molecule has 31 heavy (non-hydrogen) atoms. The smallest absolute Gasteiger partial charge is 0.291 e. The molecule has 1 atom stereocenters. The number of carbonyl (C=O) groups is 1. The molecular formula is C24H28N2O4S. The first-order valence-electron chi connectivity index (χ1n) is 10.5. The molecule has 0 radical (unpaired) electrons. The van der Waals surface area contributed by atoms with Gasteiger partial charge in [-0.3, -0.25) is 9.69 Å². The Morgan fingerprint density at radius 2 is 1.90 bits per heavy atom. The molecule has 164 valence electrons. The fourth-order valence-corrected chi connectivity index (χ4v) is 5.13. The van der Waals surface area contributed by atoms with Gasteiger partial charge in [-0.2, -0.15) is 0 Å². The first-order valence-corrected chi connectivity index (χ1v) is 11.3. The number of benzene rings is 1. The average molecular weight is 441 g/mol. The number of hydrogen-bond donors (Lipinski definition) is 1. The predicted molar refractivity (Wildman–Crippen MR) is 123 cm³/mol. The van der Waals surface area contributed by atoms with Crippen molar-refractivity contribution >= 4 is 22.2 Å². The number of ether oxygens (including phenoxy) is 2. The fraction of sp³-hybridized carbons (Fsp3) is 0.375. The Labute approximate surface area is 186 Å². The number of methoxy groups -OCH3 is 2. The molecule has 0 spiro atoms. The van der Waals surface area contributed by atoms with E-state index in [1.54, 1.807) is 37.7 Å². The minimum absolute atomic E-state index is 0.0296. The maximum Gasteiger partial charge on any atom is 0.291 e. The van der Waals surface area contributed by atoms with Crippen LogP contribution in [0.4, 0.5) is 5.00 Å². The highest BCUT2D eigenvalue weighted by molar-refractivity contribution is 7.16. The van der Waals surface area contributed by atoms with Crippen LogP contribution in [0, 0.1) is 6.92 Å². The monoisotopic (exact) mass is 440 g/mol. The number of nitrogens with zero attached hydrogens (tertiary/aromatic N) is 1. The number of nitrogens with one attached hydrogen (secondary N) is 1. The van der Waals surface area contributed by atoms with E-state index in [9.17, 15) is 4.79 Å². The second kappa shape index (κ2) is 9.58. The van der Waals surface area contributed by atoms with Gasteiger partial charge in [-0.1, -0.05) is 6.42 Å². The van der Waals surface area contributed by atoms with Crippen molar-refractivity contribution in [1.29, 1.82) is 0 Å². The third-order valence-corrected chi connectivity index (χ3v) is 6.62. The van der Waals surface area contributed by atoms with E-state index in [4.69, 9.17) is 13.9 Å². The molecule has 1 saturated heterocycles. The number of hydrogen-bond acceptors (Lipinski definition) is 6. The number of piperidine rings is 1. The van der Waals surface area contributed by atoms with E-state index in [0.29, 0.717) is 5.76 Å². The van der Waals surface area contributed by atoms with Crippen LogP contribution >= 0.6 is 11.3 Å². The summed E-state index contributed by atoms with van der Waals surface area (Å²) in [4.78, 5) is 16.3. The molecule has 3 aromatic rings. The van der Waals surface area contributed by atoms with Gasteiger partial charge in [-0.15, -0.1) is 11.3 Å². The minimum Gasteiger partial charge on any atom is -0.497 e. The lowest BCUT2D eigenvalue weighted by molar-refractivity contribution is 0.0996. The Kier molecular flexibility index (Phi) is 6.63. The number of aryl methyl sites for hydroxylation is 1. The van der Waals surface area contributed by atoms with Gasteiger partial charge in [-0.05, 0) is 63.2 Å². The third kappa shape index (κ3) is 4.62. The van der Waals surface area contributed by atoms with E-state index < -0.39 is 0 Å². The zero-order valence-corrected chi connectivity index (χ0v) is 19.0. The summed E-state index contributed by atoms with van der Waals surface area (Å²) in [5, 5.41) is 3.92. The molecule has 7 heteroatoms. The highest BCUT2D eigenvalue weighted by Crippen LogP contribution is 2.43. The van der Waals surface area contributed by atoms with Crippen molar-refractivity contribution in [2.24, 2.45) is 0 Å². The fourth-order valence-electron chi connectivity index (χ4n) is 4.19. The summed E-state index contributed by atoms with van der Waals surface area (Å²) >= 11 is 1.58. The molecular weight excluding hydrogens is 412 g/mol. The number of furan rings is 1. The van der Waals surface area contributed by atoms with Crippen molar-refractivity contribution in [3.63, 3.8) is 0 Å². The molecule has 0 aliphatic carbocycles. The Morgan fingerprint density at radius 3 is 2.58 bits per heavy atom. The second-order valence-corrected chi connectivity index (χ2v) is 8.94. The van der Waals surface area contributed by atoms with E-state index >= 15 is 0 Å². The molecule has 1 aliphatic rings. The first kappa shape index (κ1) is 21.5. The lowest BCUT2D eigenvalue weighted by Crippen LogP contribution is -2.34. The summed E-state index contributed by atoms with van der Waals surface area (Å²) < 4.78 is 16.5. The molecule has 1 amide bonds. The summed E-state index contributed by atoms with van der Waals surface area (Å²) in [5.74, 6) is 1.59. The van der Waals surface area contributed by atoms with Gasteiger partial charge in [0.25, 0.3) is 5.91 Å². The highest BCUT2D eigenvalue weighted by atomic mass is 32.1.